The molecule has 1 fully saturated rings. The third-order valence-corrected chi connectivity index (χ3v) is 3.75. The van der Waals surface area contributed by atoms with Gasteiger partial charge in [-0.3, -0.25) is 14.9 Å². The summed E-state index contributed by atoms with van der Waals surface area (Å²) in [5.41, 5.74) is 1.16. The number of nitrogens with one attached hydrogen (secondary N) is 3. The molecule has 0 bridgehead atoms. The molecule has 2 unspecified atom stereocenters. The van der Waals surface area contributed by atoms with Gasteiger partial charge in [0.1, 0.15) is 11.9 Å². The van der Waals surface area contributed by atoms with Crippen LogP contribution < -0.4 is 16.0 Å². The molecule has 2 aliphatic heterocycles. The minimum Gasteiger partial charge on any atom is -0.355 e. The van der Waals surface area contributed by atoms with E-state index in [0.717, 1.165) is 12.8 Å². The van der Waals surface area contributed by atoms with Crippen molar-refractivity contribution in [1.82, 2.24) is 10.6 Å². The number of anilines is 1. The molecule has 2 amide bonds. The lowest BCUT2D eigenvalue weighted by molar-refractivity contribution is -0.123. The Morgan fingerprint density at radius 2 is 2.05 bits per heavy atom. The summed E-state index contributed by atoms with van der Waals surface area (Å²) in [5.74, 6) is -0.717. The van der Waals surface area contributed by atoms with E-state index in [1.165, 1.54) is 12.1 Å². The Hall–Kier alpha value is -1.95. The molecule has 5 nitrogen and oxygen atoms in total. The van der Waals surface area contributed by atoms with Gasteiger partial charge in [0.15, 0.2) is 0 Å². The maximum absolute atomic E-state index is 13.2. The van der Waals surface area contributed by atoms with E-state index in [1.807, 2.05) is 0 Å². The summed E-state index contributed by atoms with van der Waals surface area (Å²) >= 11 is 0. The Labute approximate surface area is 115 Å². The molecule has 0 spiro atoms. The number of hydrogen-bond acceptors (Lipinski definition) is 3. The van der Waals surface area contributed by atoms with E-state index in [-0.39, 0.29) is 17.9 Å². The monoisotopic (exact) mass is 277 g/mol. The first-order chi connectivity index (χ1) is 9.65. The van der Waals surface area contributed by atoms with Crippen LogP contribution in [0.2, 0.25) is 0 Å². The van der Waals surface area contributed by atoms with Crippen LogP contribution in [0.15, 0.2) is 18.2 Å². The zero-order valence-corrected chi connectivity index (χ0v) is 10.9. The van der Waals surface area contributed by atoms with Crippen molar-refractivity contribution in [1.29, 1.82) is 0 Å². The van der Waals surface area contributed by atoms with Gasteiger partial charge in [0.05, 0.1) is 6.04 Å². The molecule has 1 aromatic rings. The van der Waals surface area contributed by atoms with Gasteiger partial charge in [0, 0.05) is 17.8 Å². The van der Waals surface area contributed by atoms with Crippen LogP contribution >= 0.6 is 0 Å². The first-order valence-electron chi connectivity index (χ1n) is 6.79. The predicted molar refractivity (Wildman–Crippen MR) is 71.6 cm³/mol. The van der Waals surface area contributed by atoms with Crippen LogP contribution in [-0.4, -0.2) is 24.4 Å². The molecule has 0 radical (unpaired) electrons. The lowest BCUT2D eigenvalue weighted by Gasteiger charge is -2.19. The van der Waals surface area contributed by atoms with E-state index in [1.54, 1.807) is 6.07 Å². The highest BCUT2D eigenvalue weighted by Crippen LogP contribution is 2.31. The highest BCUT2D eigenvalue weighted by Gasteiger charge is 2.34. The first-order valence-corrected chi connectivity index (χ1v) is 6.79. The summed E-state index contributed by atoms with van der Waals surface area (Å²) < 4.78 is 13.2. The number of rotatable bonds is 2. The Morgan fingerprint density at radius 3 is 2.90 bits per heavy atom. The second-order valence-electron chi connectivity index (χ2n) is 5.16. The van der Waals surface area contributed by atoms with E-state index in [0.29, 0.717) is 24.2 Å². The third-order valence-electron chi connectivity index (χ3n) is 3.75. The second-order valence-corrected chi connectivity index (χ2v) is 5.16. The van der Waals surface area contributed by atoms with Gasteiger partial charge in [0.25, 0.3) is 0 Å². The van der Waals surface area contributed by atoms with Crippen LogP contribution in [0.25, 0.3) is 0 Å². The number of carbonyl (C=O) groups is 2. The highest BCUT2D eigenvalue weighted by atomic mass is 19.1. The van der Waals surface area contributed by atoms with Crippen LogP contribution in [0.4, 0.5) is 10.1 Å². The van der Waals surface area contributed by atoms with Crippen molar-refractivity contribution in [2.45, 2.75) is 31.3 Å². The summed E-state index contributed by atoms with van der Waals surface area (Å²) in [5, 5.41) is 8.54. The smallest absolute Gasteiger partial charge is 0.246 e. The number of halogens is 1. The molecule has 1 saturated heterocycles. The van der Waals surface area contributed by atoms with Crippen molar-refractivity contribution in [2.24, 2.45) is 0 Å². The Balaban J connectivity index is 1.81. The lowest BCUT2D eigenvalue weighted by Crippen LogP contribution is -2.45. The standard InChI is InChI=1S/C14H16FN3O2/c15-8-4-5-9-11(7-8)18-14(20)12(9)17-10-3-1-2-6-16-13(10)19/h4-5,7,10,12,17H,1-3,6H2,(H,16,19)(H,18,20). The largest absolute Gasteiger partial charge is 0.355 e. The fourth-order valence-corrected chi connectivity index (χ4v) is 2.70. The van der Waals surface area contributed by atoms with E-state index in [4.69, 9.17) is 0 Å². The third kappa shape index (κ3) is 2.38. The Morgan fingerprint density at radius 1 is 1.20 bits per heavy atom. The van der Waals surface area contributed by atoms with Crippen LogP contribution in [-0.2, 0) is 9.59 Å². The SMILES string of the molecule is O=C1NCCCCC1NC1C(=O)Nc2cc(F)ccc21. The minimum absolute atomic E-state index is 0.0779. The zero-order chi connectivity index (χ0) is 14.1. The maximum Gasteiger partial charge on any atom is 0.246 e. The Bertz CT molecular complexity index is 561. The molecule has 3 rings (SSSR count). The van der Waals surface area contributed by atoms with Gasteiger partial charge in [-0.2, -0.15) is 0 Å². The molecule has 2 heterocycles. The molecule has 0 saturated carbocycles. The highest BCUT2D eigenvalue weighted by molar-refractivity contribution is 6.02. The van der Waals surface area contributed by atoms with Crippen LogP contribution in [0.3, 0.4) is 0 Å². The van der Waals surface area contributed by atoms with E-state index in [2.05, 4.69) is 16.0 Å². The normalized spacial score (nSPS) is 25.6. The van der Waals surface area contributed by atoms with Gasteiger partial charge in [-0.05, 0) is 31.4 Å². The van der Waals surface area contributed by atoms with Gasteiger partial charge in [-0.15, -0.1) is 0 Å². The molecular formula is C14H16FN3O2. The van der Waals surface area contributed by atoms with Gasteiger partial charge in [0.2, 0.25) is 11.8 Å². The van der Waals surface area contributed by atoms with E-state index >= 15 is 0 Å². The summed E-state index contributed by atoms with van der Waals surface area (Å²) in [4.78, 5) is 23.9. The first kappa shape index (κ1) is 13.1. The average molecular weight is 277 g/mol. The van der Waals surface area contributed by atoms with Gasteiger partial charge >= 0.3 is 0 Å². The topological polar surface area (TPSA) is 70.2 Å². The summed E-state index contributed by atoms with van der Waals surface area (Å²) in [7, 11) is 0. The number of carbonyl (C=O) groups excluding carboxylic acids is 2. The maximum atomic E-state index is 13.2. The van der Waals surface area contributed by atoms with Crippen molar-refractivity contribution in [3.63, 3.8) is 0 Å². The molecule has 2 atom stereocenters. The summed E-state index contributed by atoms with van der Waals surface area (Å²) in [6.45, 7) is 0.676. The molecule has 0 aliphatic carbocycles. The van der Waals surface area contributed by atoms with Crippen molar-refractivity contribution in [3.8, 4) is 0 Å². The van der Waals surface area contributed by atoms with Gasteiger partial charge < -0.3 is 10.6 Å². The molecule has 0 aromatic heterocycles. The number of fused-ring (bicyclic) bond motifs is 1. The molecule has 20 heavy (non-hydrogen) atoms. The predicted octanol–water partition coefficient (Wildman–Crippen LogP) is 1.08. The van der Waals surface area contributed by atoms with E-state index < -0.39 is 11.9 Å². The van der Waals surface area contributed by atoms with Crippen molar-refractivity contribution in [2.75, 3.05) is 11.9 Å². The van der Waals surface area contributed by atoms with Crippen LogP contribution in [0.1, 0.15) is 30.9 Å². The molecular weight excluding hydrogens is 261 g/mol. The number of hydrogen-bond donors (Lipinski definition) is 3. The Kier molecular flexibility index (Phi) is 3.40. The van der Waals surface area contributed by atoms with Gasteiger partial charge in [-0.1, -0.05) is 6.07 Å². The average Bonchev–Trinajstić information content (AvgIpc) is 2.57. The van der Waals surface area contributed by atoms with Crippen LogP contribution in [0.5, 0.6) is 0 Å². The quantitative estimate of drug-likeness (QED) is 0.757. The lowest BCUT2D eigenvalue weighted by atomic mass is 10.0. The number of amides is 2. The zero-order valence-electron chi connectivity index (χ0n) is 10.9. The van der Waals surface area contributed by atoms with E-state index in [9.17, 15) is 14.0 Å². The molecule has 3 N–H and O–H groups in total. The van der Waals surface area contributed by atoms with Gasteiger partial charge in [-0.25, -0.2) is 4.39 Å². The molecule has 2 aliphatic rings. The fourth-order valence-electron chi connectivity index (χ4n) is 2.70. The summed E-state index contributed by atoms with van der Waals surface area (Å²) in [6, 6.07) is 3.21. The summed E-state index contributed by atoms with van der Waals surface area (Å²) in [6.07, 6.45) is 2.58. The number of benzene rings is 1. The van der Waals surface area contributed by atoms with Crippen molar-refractivity contribution < 1.29 is 14.0 Å². The van der Waals surface area contributed by atoms with Crippen molar-refractivity contribution in [3.05, 3.63) is 29.6 Å². The molecule has 1 aromatic carbocycles. The minimum atomic E-state index is -0.598. The molecule has 106 valence electrons. The molecule has 6 heteroatoms. The fraction of sp³-hybridized carbons (Fsp3) is 0.429. The van der Waals surface area contributed by atoms with Crippen molar-refractivity contribution >= 4 is 17.5 Å². The van der Waals surface area contributed by atoms with Crippen LogP contribution in [0, 0.1) is 5.82 Å². The second kappa shape index (κ2) is 5.20.